The maximum absolute atomic E-state index is 11.7. The lowest BCUT2D eigenvalue weighted by molar-refractivity contribution is 0.00740. The summed E-state index contributed by atoms with van der Waals surface area (Å²) in [6, 6.07) is 3.70. The van der Waals surface area contributed by atoms with Gasteiger partial charge in [0.05, 0.1) is 26.4 Å². The van der Waals surface area contributed by atoms with E-state index >= 15 is 0 Å². The van der Waals surface area contributed by atoms with Gasteiger partial charge in [0.15, 0.2) is 12.6 Å². The first-order valence-corrected chi connectivity index (χ1v) is 21.4. The lowest BCUT2D eigenvalue weighted by atomic mass is 9.78. The summed E-state index contributed by atoms with van der Waals surface area (Å²) in [6.07, 6.45) is 21.2. The van der Waals surface area contributed by atoms with Gasteiger partial charge in [-0.3, -0.25) is 9.59 Å². The van der Waals surface area contributed by atoms with Gasteiger partial charge in [0.25, 0.3) is 0 Å². The molecule has 2 aliphatic rings. The number of carbonyl (C=O) groups excluding carboxylic acids is 2. The Morgan fingerprint density at radius 1 is 0.724 bits per heavy atom. The lowest BCUT2D eigenvalue weighted by Gasteiger charge is -2.42. The fourth-order valence-electron chi connectivity index (χ4n) is 8.08. The number of benzene rings is 2. The number of aryl methyl sites for hydroxylation is 1. The molecule has 0 unspecified atom stereocenters. The average Bonchev–Trinajstić information content (AvgIpc) is 3.17. The second-order valence-corrected chi connectivity index (χ2v) is 17.5. The number of ether oxygens (including phenoxy) is 4. The van der Waals surface area contributed by atoms with Crippen LogP contribution in [0.3, 0.4) is 0 Å². The maximum Gasteiger partial charge on any atom is 0.154 e. The van der Waals surface area contributed by atoms with E-state index in [4.69, 9.17) is 18.9 Å². The average molecular weight is 799 g/mol. The summed E-state index contributed by atoms with van der Waals surface area (Å²) in [5, 5.41) is 10.0. The molecule has 320 valence electrons. The molecule has 0 radical (unpaired) electrons. The lowest BCUT2D eigenvalue weighted by Crippen LogP contribution is -2.44. The van der Waals surface area contributed by atoms with E-state index in [0.29, 0.717) is 41.1 Å². The summed E-state index contributed by atoms with van der Waals surface area (Å²) < 4.78 is 24.2. The Hall–Kier alpha value is -4.10. The summed E-state index contributed by atoms with van der Waals surface area (Å²) in [6.45, 7) is 23.8. The molecule has 58 heavy (non-hydrogen) atoms. The summed E-state index contributed by atoms with van der Waals surface area (Å²) in [5.74, 6) is 3.49. The first-order chi connectivity index (χ1) is 27.5. The highest BCUT2D eigenvalue weighted by Crippen LogP contribution is 2.47. The van der Waals surface area contributed by atoms with Crippen molar-refractivity contribution in [1.29, 1.82) is 0 Å². The standard InChI is InChI=1S/C26H40O3.C25H34O4/c1-8-21-16-24(28-7)22-15-20(5)26(6,29-25(22)23(21)17-27)14-10-13-19(4)12-9-11-18(2)3;1-17(2)9-7-10-18(3)11-8-12-25(5)19(4)13-21-23(28-6)14-20(15-26)22(16-27)24(21)29-25/h11,13,16,20,27H,8-10,12,14-15,17H2,1-7H3;9,11,14-16,19H,7-8,10,12-13H2,1-6H3/b19-13+;18-11+/t20-,26-;19-,25-/m00/s1. The molecular weight excluding hydrogens is 725 g/mol. The number of hydrogen-bond donors (Lipinski definition) is 1. The molecule has 2 aromatic rings. The van der Waals surface area contributed by atoms with Crippen molar-refractivity contribution >= 4 is 12.6 Å². The van der Waals surface area contributed by atoms with Gasteiger partial charge in [-0.2, -0.15) is 0 Å². The van der Waals surface area contributed by atoms with Crippen molar-refractivity contribution in [1.82, 2.24) is 0 Å². The van der Waals surface area contributed by atoms with E-state index < -0.39 is 5.60 Å². The van der Waals surface area contributed by atoms with Crippen molar-refractivity contribution in [3.8, 4) is 23.0 Å². The van der Waals surface area contributed by atoms with E-state index in [0.717, 1.165) is 104 Å². The van der Waals surface area contributed by atoms with Gasteiger partial charge in [0.2, 0.25) is 0 Å². The second kappa shape index (κ2) is 22.3. The van der Waals surface area contributed by atoms with Crippen LogP contribution in [0.5, 0.6) is 23.0 Å². The van der Waals surface area contributed by atoms with E-state index in [2.05, 4.69) is 107 Å². The molecule has 2 aromatic carbocycles. The highest BCUT2D eigenvalue weighted by atomic mass is 16.5. The van der Waals surface area contributed by atoms with Gasteiger partial charge in [0.1, 0.15) is 34.2 Å². The molecule has 7 heteroatoms. The summed E-state index contributed by atoms with van der Waals surface area (Å²) in [4.78, 5) is 23.2. The normalized spacial score (nSPS) is 21.2. The number of allylic oxidation sites excluding steroid dienone is 8. The predicted octanol–water partition coefficient (Wildman–Crippen LogP) is 12.7. The second-order valence-electron chi connectivity index (χ2n) is 17.5. The topological polar surface area (TPSA) is 91.3 Å². The Labute approximate surface area is 351 Å². The first-order valence-electron chi connectivity index (χ1n) is 21.4. The van der Waals surface area contributed by atoms with Crippen LogP contribution in [0.4, 0.5) is 0 Å². The Bertz CT molecular complexity index is 1840. The largest absolute Gasteiger partial charge is 0.496 e. The minimum atomic E-state index is -0.409. The summed E-state index contributed by atoms with van der Waals surface area (Å²) in [7, 11) is 3.29. The SMILES string of the molecule is CCc1cc(OC)c2c(c1CO)O[C@@](C)(CC/C=C(\C)CCC=C(C)C)[C@@H](C)C2.COc1cc(C=O)c(C=O)c2c1C[C@H](C)[C@](C)(CC/C=C(\C)CCC=C(C)C)O2. The number of methoxy groups -OCH3 is 2. The van der Waals surface area contributed by atoms with Gasteiger partial charge in [-0.25, -0.2) is 0 Å². The number of aliphatic hydroxyl groups is 1. The molecule has 2 aliphatic heterocycles. The highest BCUT2D eigenvalue weighted by molar-refractivity contribution is 5.94. The van der Waals surface area contributed by atoms with Gasteiger partial charge in [-0.15, -0.1) is 0 Å². The van der Waals surface area contributed by atoms with Crippen molar-refractivity contribution in [2.24, 2.45) is 11.8 Å². The van der Waals surface area contributed by atoms with Crippen LogP contribution in [0.15, 0.2) is 58.7 Å². The number of hydrogen-bond acceptors (Lipinski definition) is 7. The number of aldehydes is 2. The van der Waals surface area contributed by atoms with Crippen molar-refractivity contribution < 1.29 is 33.6 Å². The van der Waals surface area contributed by atoms with E-state index in [9.17, 15) is 14.7 Å². The predicted molar refractivity (Wildman–Crippen MR) is 239 cm³/mol. The molecule has 4 atom stereocenters. The molecule has 0 aliphatic carbocycles. The summed E-state index contributed by atoms with van der Waals surface area (Å²) in [5.41, 5.74) is 9.55. The zero-order valence-corrected chi connectivity index (χ0v) is 38.2. The molecule has 0 bridgehead atoms. The molecule has 0 amide bonds. The third-order valence-electron chi connectivity index (χ3n) is 12.4. The van der Waals surface area contributed by atoms with Crippen LogP contribution in [0, 0.1) is 11.8 Å². The van der Waals surface area contributed by atoms with E-state index in [-0.39, 0.29) is 18.1 Å². The highest BCUT2D eigenvalue weighted by Gasteiger charge is 2.41. The molecular formula is C51H74O7. The third kappa shape index (κ3) is 12.5. The molecule has 2 heterocycles. The van der Waals surface area contributed by atoms with Gasteiger partial charge in [-0.05, 0) is 156 Å². The van der Waals surface area contributed by atoms with Crippen molar-refractivity contribution in [2.75, 3.05) is 14.2 Å². The fourth-order valence-corrected chi connectivity index (χ4v) is 8.08. The fraction of sp³-hybridized carbons (Fsp3) is 0.569. The molecule has 0 spiro atoms. The first kappa shape index (κ1) is 48.3. The van der Waals surface area contributed by atoms with E-state index in [1.165, 1.54) is 22.3 Å². The number of aliphatic hydroxyl groups excluding tert-OH is 1. The van der Waals surface area contributed by atoms with Crippen LogP contribution in [0.2, 0.25) is 0 Å². The van der Waals surface area contributed by atoms with Gasteiger partial charge < -0.3 is 24.1 Å². The quantitative estimate of drug-likeness (QED) is 0.119. The monoisotopic (exact) mass is 799 g/mol. The van der Waals surface area contributed by atoms with Crippen LogP contribution >= 0.6 is 0 Å². The van der Waals surface area contributed by atoms with Crippen molar-refractivity contribution in [3.63, 3.8) is 0 Å². The number of rotatable bonds is 18. The molecule has 0 fully saturated rings. The van der Waals surface area contributed by atoms with Crippen molar-refractivity contribution in [2.45, 2.75) is 165 Å². The van der Waals surface area contributed by atoms with E-state index in [1.807, 2.05) is 0 Å². The summed E-state index contributed by atoms with van der Waals surface area (Å²) >= 11 is 0. The molecule has 1 N–H and O–H groups in total. The van der Waals surface area contributed by atoms with Crippen LogP contribution in [0.25, 0.3) is 0 Å². The Kier molecular flexibility index (Phi) is 18.6. The minimum Gasteiger partial charge on any atom is -0.496 e. The van der Waals surface area contributed by atoms with Crippen LogP contribution < -0.4 is 18.9 Å². The van der Waals surface area contributed by atoms with Crippen LogP contribution in [-0.4, -0.2) is 43.1 Å². The van der Waals surface area contributed by atoms with Gasteiger partial charge in [-0.1, -0.05) is 67.4 Å². The van der Waals surface area contributed by atoms with Crippen LogP contribution in [0.1, 0.15) is 170 Å². The Morgan fingerprint density at radius 2 is 1.19 bits per heavy atom. The molecule has 0 aromatic heterocycles. The smallest absolute Gasteiger partial charge is 0.154 e. The number of carbonyl (C=O) groups is 2. The Morgan fingerprint density at radius 3 is 1.60 bits per heavy atom. The molecule has 0 saturated heterocycles. The van der Waals surface area contributed by atoms with Gasteiger partial charge >= 0.3 is 0 Å². The third-order valence-corrected chi connectivity index (χ3v) is 12.4. The zero-order chi connectivity index (χ0) is 43.2. The zero-order valence-electron chi connectivity index (χ0n) is 38.2. The molecule has 0 saturated carbocycles. The van der Waals surface area contributed by atoms with Crippen molar-refractivity contribution in [3.05, 3.63) is 92.1 Å². The molecule has 7 nitrogen and oxygen atoms in total. The van der Waals surface area contributed by atoms with Crippen LogP contribution in [-0.2, 0) is 25.9 Å². The maximum atomic E-state index is 11.7. The van der Waals surface area contributed by atoms with E-state index in [1.54, 1.807) is 20.3 Å². The minimum absolute atomic E-state index is 0.00331. The Balaban J connectivity index is 0.000000310. The van der Waals surface area contributed by atoms with Gasteiger partial charge in [0, 0.05) is 22.3 Å². The number of fused-ring (bicyclic) bond motifs is 2. The molecule has 4 rings (SSSR count).